The van der Waals surface area contributed by atoms with Crippen molar-refractivity contribution >= 4 is 22.6 Å². The maximum atomic E-state index is 13.5. The maximum Gasteiger partial charge on any atom is 0.295 e. The van der Waals surface area contributed by atoms with E-state index < -0.39 is 11.7 Å². The quantitative estimate of drug-likeness (QED) is 0.258. The van der Waals surface area contributed by atoms with Crippen molar-refractivity contribution < 1.29 is 19.4 Å². The number of carbonyl (C=O) groups is 2. The van der Waals surface area contributed by atoms with Crippen molar-refractivity contribution in [2.24, 2.45) is 0 Å². The Labute approximate surface area is 216 Å². The van der Waals surface area contributed by atoms with Crippen molar-refractivity contribution in [3.63, 3.8) is 0 Å². The third kappa shape index (κ3) is 3.87. The summed E-state index contributed by atoms with van der Waals surface area (Å²) in [6.07, 6.45) is 6.63. The molecule has 1 aliphatic heterocycles. The summed E-state index contributed by atoms with van der Waals surface area (Å²) in [6.45, 7) is 0.233. The normalized spacial score (nSPS) is 12.9. The van der Waals surface area contributed by atoms with Gasteiger partial charge in [0.2, 0.25) is 0 Å². The average Bonchev–Trinajstić information content (AvgIpc) is 3.64. The minimum atomic E-state index is -0.663. The first kappa shape index (κ1) is 23.4. The molecular formula is C26H22N8O4. The van der Waals surface area contributed by atoms with Gasteiger partial charge in [0.15, 0.2) is 5.82 Å². The van der Waals surface area contributed by atoms with E-state index in [-0.39, 0.29) is 24.5 Å². The van der Waals surface area contributed by atoms with Crippen LogP contribution in [0.5, 0.6) is 5.75 Å². The van der Waals surface area contributed by atoms with Gasteiger partial charge < -0.3 is 19.7 Å². The number of nitrogens with zero attached hydrogens (tertiary/aromatic N) is 7. The Bertz CT molecular complexity index is 1680. The molecule has 0 radical (unpaired) electrons. The van der Waals surface area contributed by atoms with Crippen LogP contribution in [-0.4, -0.2) is 70.1 Å². The van der Waals surface area contributed by atoms with Gasteiger partial charge in [0.1, 0.15) is 25.0 Å². The molecule has 0 saturated carbocycles. The molecule has 38 heavy (non-hydrogen) atoms. The lowest BCUT2D eigenvalue weighted by Gasteiger charge is -2.28. The molecule has 0 atom stereocenters. The molecule has 5 aromatic rings. The summed E-state index contributed by atoms with van der Waals surface area (Å²) in [5.74, 6) is -0.609. The number of fused-ring (bicyclic) bond motifs is 2. The van der Waals surface area contributed by atoms with Crippen LogP contribution in [0, 0.1) is 0 Å². The number of aromatic amines is 1. The predicted octanol–water partition coefficient (Wildman–Crippen LogP) is 1.87. The molecule has 12 nitrogen and oxygen atoms in total. The minimum absolute atomic E-state index is 0.189. The molecule has 6 rings (SSSR count). The number of rotatable bonds is 6. The van der Waals surface area contributed by atoms with Gasteiger partial charge in [-0.25, -0.2) is 19.6 Å². The standard InChI is InChI=1S/C26H22N8O4/c1-38-20-6-5-19(34-14-31-21(12-35)32-34)24-22(20)16(10-28-24)25(36)26(37)33-9-7-15-18(11-33)29-13-30-23(15)17-4-2-3-8-27-17/h2-6,8,10,13-14,28,35H,7,9,11-12H2,1H3. The monoisotopic (exact) mass is 510 g/mol. The highest BCUT2D eigenvalue weighted by Gasteiger charge is 2.31. The van der Waals surface area contributed by atoms with Crippen LogP contribution in [0.15, 0.2) is 55.4 Å². The number of H-pyrrole nitrogens is 1. The van der Waals surface area contributed by atoms with Gasteiger partial charge in [0.05, 0.1) is 52.9 Å². The zero-order valence-electron chi connectivity index (χ0n) is 20.3. The SMILES string of the molecule is COc1ccc(-n2cnc(CO)n2)c2[nH]cc(C(=O)C(=O)N3CCc4c(ncnc4-c4ccccn4)C3)c12. The first-order chi connectivity index (χ1) is 18.6. The number of aromatic nitrogens is 7. The fourth-order valence-electron chi connectivity index (χ4n) is 4.74. The second kappa shape index (κ2) is 9.48. The lowest BCUT2D eigenvalue weighted by atomic mass is 9.99. The summed E-state index contributed by atoms with van der Waals surface area (Å²) in [4.78, 5) is 48.8. The van der Waals surface area contributed by atoms with E-state index in [0.29, 0.717) is 41.0 Å². The molecule has 0 fully saturated rings. The van der Waals surface area contributed by atoms with Crippen molar-refractivity contribution in [3.05, 3.63) is 78.0 Å². The number of aliphatic hydroxyl groups is 1. The van der Waals surface area contributed by atoms with E-state index >= 15 is 0 Å². The van der Waals surface area contributed by atoms with Crippen LogP contribution in [0.2, 0.25) is 0 Å². The second-order valence-corrected chi connectivity index (χ2v) is 8.67. The van der Waals surface area contributed by atoms with Crippen LogP contribution in [0.4, 0.5) is 0 Å². The van der Waals surface area contributed by atoms with E-state index in [1.165, 1.54) is 35.5 Å². The van der Waals surface area contributed by atoms with E-state index in [4.69, 9.17) is 4.74 Å². The molecule has 0 bridgehead atoms. The number of Topliss-reactive ketones (excluding diaryl/α,β-unsaturated/α-hetero) is 1. The lowest BCUT2D eigenvalue weighted by molar-refractivity contribution is -0.127. The van der Waals surface area contributed by atoms with E-state index in [0.717, 1.165) is 17.0 Å². The number of hydrogen-bond donors (Lipinski definition) is 2. The van der Waals surface area contributed by atoms with E-state index in [9.17, 15) is 14.7 Å². The largest absolute Gasteiger partial charge is 0.496 e. The molecule has 190 valence electrons. The molecule has 1 aliphatic rings. The van der Waals surface area contributed by atoms with Crippen LogP contribution in [0.25, 0.3) is 28.0 Å². The summed E-state index contributed by atoms with van der Waals surface area (Å²) in [7, 11) is 1.50. The zero-order valence-corrected chi connectivity index (χ0v) is 20.3. The third-order valence-corrected chi connectivity index (χ3v) is 6.56. The van der Waals surface area contributed by atoms with Crippen molar-refractivity contribution in [2.75, 3.05) is 13.7 Å². The van der Waals surface area contributed by atoms with Crippen molar-refractivity contribution in [3.8, 4) is 22.8 Å². The summed E-state index contributed by atoms with van der Waals surface area (Å²) in [5, 5.41) is 14.0. The molecule has 0 aliphatic carbocycles. The van der Waals surface area contributed by atoms with Crippen LogP contribution < -0.4 is 4.74 Å². The number of amides is 1. The molecular weight excluding hydrogens is 488 g/mol. The maximum absolute atomic E-state index is 13.5. The van der Waals surface area contributed by atoms with Gasteiger partial charge in [0, 0.05) is 24.5 Å². The number of carbonyl (C=O) groups excluding carboxylic acids is 2. The lowest BCUT2D eigenvalue weighted by Crippen LogP contribution is -2.40. The molecule has 1 amide bonds. The van der Waals surface area contributed by atoms with Gasteiger partial charge in [-0.2, -0.15) is 0 Å². The van der Waals surface area contributed by atoms with E-state index in [1.54, 1.807) is 18.3 Å². The first-order valence-electron chi connectivity index (χ1n) is 11.9. The van der Waals surface area contributed by atoms with Gasteiger partial charge in [-0.15, -0.1) is 5.10 Å². The highest BCUT2D eigenvalue weighted by atomic mass is 16.5. The Balaban J connectivity index is 1.32. The van der Waals surface area contributed by atoms with E-state index in [1.807, 2.05) is 18.2 Å². The Morgan fingerprint density at radius 1 is 1.13 bits per heavy atom. The van der Waals surface area contributed by atoms with Crippen molar-refractivity contribution in [1.29, 1.82) is 0 Å². The van der Waals surface area contributed by atoms with Gasteiger partial charge in [0.25, 0.3) is 11.7 Å². The van der Waals surface area contributed by atoms with Crippen LogP contribution in [0.1, 0.15) is 27.4 Å². The number of hydrogen-bond acceptors (Lipinski definition) is 9. The van der Waals surface area contributed by atoms with Gasteiger partial charge in [-0.3, -0.25) is 14.6 Å². The first-order valence-corrected chi connectivity index (χ1v) is 11.9. The highest BCUT2D eigenvalue weighted by Crippen LogP contribution is 2.34. The molecule has 0 unspecified atom stereocenters. The summed E-state index contributed by atoms with van der Waals surface area (Å²) >= 11 is 0. The minimum Gasteiger partial charge on any atom is -0.496 e. The fourth-order valence-corrected chi connectivity index (χ4v) is 4.74. The average molecular weight is 511 g/mol. The number of methoxy groups -OCH3 is 1. The van der Waals surface area contributed by atoms with Crippen LogP contribution in [0.3, 0.4) is 0 Å². The summed E-state index contributed by atoms with van der Waals surface area (Å²) < 4.78 is 7.00. The van der Waals surface area contributed by atoms with Crippen LogP contribution >= 0.6 is 0 Å². The zero-order chi connectivity index (χ0) is 26.2. The number of benzene rings is 1. The van der Waals surface area contributed by atoms with Crippen molar-refractivity contribution in [1.82, 2.24) is 39.6 Å². The summed E-state index contributed by atoms with van der Waals surface area (Å²) in [5.41, 5.74) is 4.42. The second-order valence-electron chi connectivity index (χ2n) is 8.67. The molecule has 1 aromatic carbocycles. The number of pyridine rings is 1. The number of ether oxygens (including phenoxy) is 1. The number of ketones is 1. The Kier molecular flexibility index (Phi) is 5.85. The Morgan fingerprint density at radius 3 is 2.79 bits per heavy atom. The smallest absolute Gasteiger partial charge is 0.295 e. The van der Waals surface area contributed by atoms with Gasteiger partial charge in [-0.05, 0) is 30.7 Å². The molecule has 4 aromatic heterocycles. The highest BCUT2D eigenvalue weighted by molar-refractivity contribution is 6.45. The third-order valence-electron chi connectivity index (χ3n) is 6.56. The number of aliphatic hydroxyl groups excluding tert-OH is 1. The Hall–Kier alpha value is -4.97. The number of nitrogens with one attached hydrogen (secondary N) is 1. The molecule has 12 heteroatoms. The molecule has 2 N–H and O–H groups in total. The Morgan fingerprint density at radius 2 is 2.03 bits per heavy atom. The van der Waals surface area contributed by atoms with Gasteiger partial charge in [-0.1, -0.05) is 6.07 Å². The van der Waals surface area contributed by atoms with Crippen molar-refractivity contribution in [2.45, 2.75) is 19.6 Å². The molecule has 5 heterocycles. The summed E-state index contributed by atoms with van der Waals surface area (Å²) in [6, 6.07) is 9.06. The predicted molar refractivity (Wildman–Crippen MR) is 134 cm³/mol. The van der Waals surface area contributed by atoms with Gasteiger partial charge >= 0.3 is 0 Å². The fraction of sp³-hybridized carbons (Fsp3) is 0.192. The van der Waals surface area contributed by atoms with E-state index in [2.05, 4.69) is 30.0 Å². The topological polar surface area (TPSA) is 152 Å². The van der Waals surface area contributed by atoms with Crippen LogP contribution in [-0.2, 0) is 24.4 Å². The molecule has 0 saturated heterocycles. The molecule has 0 spiro atoms.